The van der Waals surface area contributed by atoms with Crippen molar-refractivity contribution in [3.05, 3.63) is 78.9 Å². The van der Waals surface area contributed by atoms with Crippen LogP contribution < -0.4 is 25.4 Å². The summed E-state index contributed by atoms with van der Waals surface area (Å²) in [6, 6.07) is 15.1. The fraction of sp³-hybridized carbons (Fsp3) is 0.182. The molecule has 348 valence electrons. The van der Waals surface area contributed by atoms with Crippen molar-refractivity contribution in [3.63, 3.8) is 0 Å². The van der Waals surface area contributed by atoms with Crippen molar-refractivity contribution in [3.8, 4) is 11.5 Å². The summed E-state index contributed by atoms with van der Waals surface area (Å²) in [5.41, 5.74) is -0.322. The highest BCUT2D eigenvalue weighted by Crippen LogP contribution is 2.36. The molecule has 0 amide bonds. The molecular weight excluding hydrogens is 969 g/mol. The van der Waals surface area contributed by atoms with E-state index in [0.717, 1.165) is 19.1 Å². The zero-order valence-electron chi connectivity index (χ0n) is 33.0. The van der Waals surface area contributed by atoms with E-state index < -0.39 is 88.0 Å². The van der Waals surface area contributed by atoms with Gasteiger partial charge in [0.1, 0.15) is 22.1 Å². The van der Waals surface area contributed by atoms with Gasteiger partial charge in [-0.3, -0.25) is 22.8 Å². The highest BCUT2D eigenvalue weighted by molar-refractivity contribution is 7.87. The van der Waals surface area contributed by atoms with Crippen LogP contribution in [0.2, 0.25) is 0 Å². The van der Waals surface area contributed by atoms with Gasteiger partial charge < -0.3 is 25.4 Å². The molecule has 5 rings (SSSR count). The van der Waals surface area contributed by atoms with Crippen molar-refractivity contribution >= 4 is 103 Å². The Morgan fingerprint density at radius 3 is 1.66 bits per heavy atom. The van der Waals surface area contributed by atoms with E-state index in [1.807, 2.05) is 0 Å². The van der Waals surface area contributed by atoms with Crippen molar-refractivity contribution in [1.82, 2.24) is 15.0 Å². The quantitative estimate of drug-likeness (QED) is 0.0280. The van der Waals surface area contributed by atoms with Crippen LogP contribution in [0.5, 0.6) is 11.5 Å². The molecule has 0 aliphatic rings. The first-order chi connectivity index (χ1) is 30.2. The van der Waals surface area contributed by atoms with E-state index in [1.54, 1.807) is 0 Å². The fourth-order valence-electron chi connectivity index (χ4n) is 5.00. The molecule has 0 aliphatic carbocycles. The highest BCUT2D eigenvalue weighted by Gasteiger charge is 2.22. The molecule has 4 aromatic carbocycles. The molecule has 0 aliphatic heterocycles. The molecule has 0 spiro atoms. The predicted molar refractivity (Wildman–Crippen MR) is 228 cm³/mol. The fourth-order valence-corrected chi connectivity index (χ4v) is 7.36. The molecule has 0 fully saturated rings. The Balaban J connectivity index is 1.51. The molecule has 1 unspecified atom stereocenters. The molecule has 0 saturated carbocycles. The molecule has 27 nitrogen and oxygen atoms in total. The first-order valence-electron chi connectivity index (χ1n) is 17.6. The first kappa shape index (κ1) is 49.7. The summed E-state index contributed by atoms with van der Waals surface area (Å²) >= 11 is 0. The molecule has 1 aromatic heterocycles. The summed E-state index contributed by atoms with van der Waals surface area (Å²) in [5, 5.41) is 22.1. The summed E-state index contributed by atoms with van der Waals surface area (Å²) in [6.07, 6.45) is -0.241. The Bertz CT molecular complexity index is 3250. The molecule has 32 heteroatoms. The average Bonchev–Trinajstić information content (AvgIpc) is 3.20. The van der Waals surface area contributed by atoms with Crippen molar-refractivity contribution < 1.29 is 74.3 Å². The Hall–Kier alpha value is -6.36. The standard InChI is InChI=1S/C33H34N10O17S5/c1-19(62(47,48)49)34-31-37-32(35-25-10-7-21(16-28(25)59-2)41-40-20-5-3-6-23(15-20)63(50,51)52)39-33(38-31)36-26-11-8-22(17-29(26)60-13-4-14-61(44,45)46)42-43-27-18-24(64(53,54)55)9-12-30(27)65(56,57)58/h3,5-12,15-19H,4,13-14H2,1-2H3,(H,44,45,46)(H,47,48,49)(H,50,51,52)(H,53,54,55)(H,56,57,58)(H3,34,35,36,37,38,39). The normalized spacial score (nSPS) is 13.2. The molecule has 0 saturated heterocycles. The van der Waals surface area contributed by atoms with Gasteiger partial charge in [-0.15, -0.1) is 5.11 Å². The number of rotatable bonds is 20. The van der Waals surface area contributed by atoms with Gasteiger partial charge in [0.05, 0.1) is 57.7 Å². The number of benzene rings is 4. The second-order valence-electron chi connectivity index (χ2n) is 12.9. The first-order valence-corrected chi connectivity index (χ1v) is 25.0. The van der Waals surface area contributed by atoms with E-state index in [2.05, 4.69) is 51.4 Å². The van der Waals surface area contributed by atoms with Crippen LogP contribution in [0.4, 0.5) is 52.0 Å². The summed E-state index contributed by atoms with van der Waals surface area (Å²) in [7, 11) is -22.2. The molecule has 0 bridgehead atoms. The zero-order valence-corrected chi connectivity index (χ0v) is 37.1. The lowest BCUT2D eigenvalue weighted by Crippen LogP contribution is -2.27. The van der Waals surface area contributed by atoms with E-state index in [9.17, 15) is 64.9 Å². The molecule has 0 radical (unpaired) electrons. The number of methoxy groups -OCH3 is 1. The van der Waals surface area contributed by atoms with Gasteiger partial charge in [0.15, 0.2) is 5.37 Å². The number of aromatic nitrogens is 3. The maximum atomic E-state index is 12.0. The number of azo groups is 2. The van der Waals surface area contributed by atoms with Gasteiger partial charge in [0.25, 0.3) is 50.6 Å². The number of anilines is 5. The Kier molecular flexibility index (Phi) is 15.1. The summed E-state index contributed by atoms with van der Waals surface area (Å²) in [5.74, 6) is -1.76. The predicted octanol–water partition coefficient (Wildman–Crippen LogP) is 5.24. The van der Waals surface area contributed by atoms with Crippen LogP contribution in [0.25, 0.3) is 0 Å². The summed E-state index contributed by atoms with van der Waals surface area (Å²) < 4.78 is 175. The maximum absolute atomic E-state index is 12.0. The molecule has 1 atom stereocenters. The Labute approximate surface area is 369 Å². The monoisotopic (exact) mass is 1000 g/mol. The van der Waals surface area contributed by atoms with Crippen molar-refractivity contribution in [1.29, 1.82) is 0 Å². The largest absolute Gasteiger partial charge is 0.494 e. The van der Waals surface area contributed by atoms with Crippen LogP contribution in [-0.4, -0.2) is 105 Å². The second kappa shape index (κ2) is 19.8. The van der Waals surface area contributed by atoms with Gasteiger partial charge in [-0.05, 0) is 74.0 Å². The lowest BCUT2D eigenvalue weighted by molar-refractivity contribution is 0.317. The molecule has 1 heterocycles. The van der Waals surface area contributed by atoms with Crippen LogP contribution >= 0.6 is 0 Å². The van der Waals surface area contributed by atoms with E-state index in [1.165, 1.54) is 55.6 Å². The van der Waals surface area contributed by atoms with Crippen molar-refractivity contribution in [2.45, 2.75) is 33.4 Å². The van der Waals surface area contributed by atoms with Gasteiger partial charge in [-0.1, -0.05) is 6.07 Å². The smallest absolute Gasteiger partial charge is 0.296 e. The lowest BCUT2D eigenvalue weighted by atomic mass is 10.2. The van der Waals surface area contributed by atoms with Crippen LogP contribution in [0, 0.1) is 0 Å². The molecular formula is C33H34N10O17S5. The lowest BCUT2D eigenvalue weighted by Gasteiger charge is -2.16. The van der Waals surface area contributed by atoms with Gasteiger partial charge in [-0.2, -0.15) is 72.4 Å². The van der Waals surface area contributed by atoms with Crippen molar-refractivity contribution in [2.24, 2.45) is 20.5 Å². The van der Waals surface area contributed by atoms with E-state index in [4.69, 9.17) is 9.47 Å². The van der Waals surface area contributed by atoms with Crippen LogP contribution in [0.15, 0.2) is 114 Å². The topological polar surface area (TPSA) is 415 Å². The van der Waals surface area contributed by atoms with Gasteiger partial charge in [0.2, 0.25) is 17.8 Å². The minimum Gasteiger partial charge on any atom is -0.494 e. The van der Waals surface area contributed by atoms with Crippen molar-refractivity contribution in [2.75, 3.05) is 35.4 Å². The SMILES string of the molecule is COc1cc(N=Nc2cccc(S(=O)(=O)O)c2)ccc1Nc1nc(Nc2ccc(N=Nc3cc(S(=O)(=O)O)ccc3S(=O)(=O)O)cc2OCCCS(=O)(=O)O)nc(NC(C)S(=O)(=O)O)n1. The minimum absolute atomic E-state index is 0.00292. The van der Waals surface area contributed by atoms with Crippen LogP contribution in [-0.2, 0) is 50.6 Å². The van der Waals surface area contributed by atoms with E-state index >= 15 is 0 Å². The van der Waals surface area contributed by atoms with Gasteiger partial charge >= 0.3 is 0 Å². The third-order valence-corrected chi connectivity index (χ3v) is 12.5. The molecule has 8 N–H and O–H groups in total. The third kappa shape index (κ3) is 14.6. The Morgan fingerprint density at radius 1 is 0.600 bits per heavy atom. The van der Waals surface area contributed by atoms with Crippen LogP contribution in [0.3, 0.4) is 0 Å². The van der Waals surface area contributed by atoms with E-state index in [-0.39, 0.29) is 64.9 Å². The average molecular weight is 1000 g/mol. The number of ether oxygens (including phenoxy) is 2. The van der Waals surface area contributed by atoms with Crippen LogP contribution in [0.1, 0.15) is 13.3 Å². The summed E-state index contributed by atoms with van der Waals surface area (Å²) in [4.78, 5) is 10.6. The molecule has 65 heavy (non-hydrogen) atoms. The van der Waals surface area contributed by atoms with Gasteiger partial charge in [-0.25, -0.2) is 0 Å². The van der Waals surface area contributed by atoms with E-state index in [0.29, 0.717) is 18.2 Å². The Morgan fingerprint density at radius 2 is 1.12 bits per heavy atom. The number of hydrogen-bond acceptors (Lipinski definition) is 22. The number of hydrogen-bond donors (Lipinski definition) is 8. The minimum atomic E-state index is -4.99. The summed E-state index contributed by atoms with van der Waals surface area (Å²) in [6.45, 7) is 0.728. The van der Waals surface area contributed by atoms with Gasteiger partial charge in [0, 0.05) is 12.1 Å². The highest BCUT2D eigenvalue weighted by atomic mass is 32.2. The number of nitrogens with zero attached hydrogens (tertiary/aromatic N) is 7. The second-order valence-corrected chi connectivity index (χ2v) is 20.4. The zero-order chi connectivity index (χ0) is 48.0. The molecule has 5 aromatic rings. The maximum Gasteiger partial charge on any atom is 0.296 e. The number of nitrogens with one attached hydrogen (secondary N) is 3. The third-order valence-electron chi connectivity index (χ3n) is 8.04.